The van der Waals surface area contributed by atoms with Crippen molar-refractivity contribution in [3.63, 3.8) is 0 Å². The fourth-order valence-electron chi connectivity index (χ4n) is 4.52. The molecule has 1 fully saturated rings. The molecule has 1 aliphatic rings. The number of sulfonamides is 1. The number of ether oxygens (including phenoxy) is 1. The zero-order valence-corrected chi connectivity index (χ0v) is 21.9. The average Bonchev–Trinajstić information content (AvgIpc) is 2.90. The second kappa shape index (κ2) is 11.4. The molecular weight excluding hydrogens is 498 g/mol. The van der Waals surface area contributed by atoms with E-state index in [4.69, 9.17) is 16.3 Å². The van der Waals surface area contributed by atoms with Crippen LogP contribution in [0.25, 0.3) is 0 Å². The number of carbonyl (C=O) groups excluding carboxylic acids is 1. The number of benzene rings is 3. The number of amides is 1. The van der Waals surface area contributed by atoms with Crippen LogP contribution >= 0.6 is 11.6 Å². The third kappa shape index (κ3) is 5.90. The van der Waals surface area contributed by atoms with E-state index in [1.807, 2.05) is 36.4 Å². The van der Waals surface area contributed by atoms with Crippen molar-refractivity contribution < 1.29 is 17.9 Å². The van der Waals surface area contributed by atoms with Gasteiger partial charge in [0.2, 0.25) is 15.9 Å². The smallest absolute Gasteiger partial charge is 0.241 e. The van der Waals surface area contributed by atoms with Crippen molar-refractivity contribution in [2.24, 2.45) is 0 Å². The Labute approximate surface area is 217 Å². The van der Waals surface area contributed by atoms with E-state index in [0.29, 0.717) is 31.9 Å². The molecular formula is C27H30ClN3O4S. The molecule has 3 aromatic rings. The molecule has 190 valence electrons. The number of rotatable bonds is 8. The number of nitrogens with one attached hydrogen (secondary N) is 1. The lowest BCUT2D eigenvalue weighted by Crippen LogP contribution is -2.54. The molecule has 0 spiro atoms. The maximum absolute atomic E-state index is 13.1. The average molecular weight is 528 g/mol. The molecule has 36 heavy (non-hydrogen) atoms. The van der Waals surface area contributed by atoms with Crippen LogP contribution in [0.3, 0.4) is 0 Å². The van der Waals surface area contributed by atoms with Crippen LogP contribution in [0.5, 0.6) is 5.75 Å². The minimum atomic E-state index is -3.93. The second-order valence-corrected chi connectivity index (χ2v) is 10.8. The topological polar surface area (TPSA) is 78.9 Å². The van der Waals surface area contributed by atoms with Gasteiger partial charge in [-0.2, -0.15) is 4.72 Å². The van der Waals surface area contributed by atoms with Crippen molar-refractivity contribution >= 4 is 27.5 Å². The summed E-state index contributed by atoms with van der Waals surface area (Å²) < 4.78 is 33.3. The van der Waals surface area contributed by atoms with Gasteiger partial charge in [0.1, 0.15) is 5.75 Å². The molecule has 1 heterocycles. The van der Waals surface area contributed by atoms with Gasteiger partial charge >= 0.3 is 0 Å². The predicted octanol–water partition coefficient (Wildman–Crippen LogP) is 3.95. The lowest BCUT2D eigenvalue weighted by molar-refractivity contribution is -0.134. The van der Waals surface area contributed by atoms with Crippen LogP contribution in [0.15, 0.2) is 83.8 Å². The molecule has 0 radical (unpaired) electrons. The second-order valence-electron chi connectivity index (χ2n) is 8.72. The number of hydrogen-bond donors (Lipinski definition) is 1. The van der Waals surface area contributed by atoms with E-state index in [0.717, 1.165) is 0 Å². The standard InChI is InChI=1S/C27H30ClN3O4S/c1-20(29-36(33,34)23-13-14-25(35-2)24(28)19-23)27(32)31-17-15-30(16-18-31)26(21-9-5-3-6-10-21)22-11-7-4-8-12-22/h3-14,19-20,26,29H,15-18H2,1-2H3/t20-/m1/s1. The van der Waals surface area contributed by atoms with Crippen LogP contribution in [0.2, 0.25) is 5.02 Å². The fraction of sp³-hybridized carbons (Fsp3) is 0.296. The van der Waals surface area contributed by atoms with Crippen LogP contribution in [0.4, 0.5) is 0 Å². The molecule has 1 amide bonds. The molecule has 1 aliphatic heterocycles. The van der Waals surface area contributed by atoms with Crippen molar-refractivity contribution in [3.05, 3.63) is 95.0 Å². The third-order valence-corrected chi connectivity index (χ3v) is 8.19. The Balaban J connectivity index is 1.42. The van der Waals surface area contributed by atoms with E-state index in [1.165, 1.54) is 36.4 Å². The summed E-state index contributed by atoms with van der Waals surface area (Å²) in [6, 6.07) is 24.0. The Morgan fingerprint density at radius 2 is 1.47 bits per heavy atom. The van der Waals surface area contributed by atoms with Gasteiger partial charge < -0.3 is 9.64 Å². The van der Waals surface area contributed by atoms with Crippen molar-refractivity contribution in [3.8, 4) is 5.75 Å². The molecule has 1 atom stereocenters. The van der Waals surface area contributed by atoms with Gasteiger partial charge in [-0.15, -0.1) is 0 Å². The van der Waals surface area contributed by atoms with E-state index < -0.39 is 16.1 Å². The molecule has 3 aromatic carbocycles. The van der Waals surface area contributed by atoms with Crippen LogP contribution in [0.1, 0.15) is 24.1 Å². The van der Waals surface area contributed by atoms with E-state index in [-0.39, 0.29) is 21.9 Å². The molecule has 9 heteroatoms. The SMILES string of the molecule is COc1ccc(S(=O)(=O)N[C@H](C)C(=O)N2CCN(C(c3ccccc3)c3ccccc3)CC2)cc1Cl. The lowest BCUT2D eigenvalue weighted by Gasteiger charge is -2.40. The molecule has 1 saturated heterocycles. The molecule has 0 saturated carbocycles. The summed E-state index contributed by atoms with van der Waals surface area (Å²) in [5.74, 6) is 0.121. The van der Waals surface area contributed by atoms with Gasteiger partial charge in [-0.05, 0) is 36.2 Å². The first-order chi connectivity index (χ1) is 17.3. The lowest BCUT2D eigenvalue weighted by atomic mass is 9.96. The third-order valence-electron chi connectivity index (χ3n) is 6.36. The van der Waals surface area contributed by atoms with E-state index in [9.17, 15) is 13.2 Å². The van der Waals surface area contributed by atoms with Gasteiger partial charge in [-0.25, -0.2) is 8.42 Å². The number of carbonyl (C=O) groups is 1. The minimum Gasteiger partial charge on any atom is -0.495 e. The number of hydrogen-bond acceptors (Lipinski definition) is 5. The minimum absolute atomic E-state index is 0.0219. The Bertz CT molecular complexity index is 1240. The number of halogens is 1. The van der Waals surface area contributed by atoms with Gasteiger partial charge in [0, 0.05) is 26.2 Å². The van der Waals surface area contributed by atoms with Crippen LogP contribution < -0.4 is 9.46 Å². The van der Waals surface area contributed by atoms with Gasteiger partial charge in [0.25, 0.3) is 0 Å². The highest BCUT2D eigenvalue weighted by atomic mass is 35.5. The molecule has 1 N–H and O–H groups in total. The van der Waals surface area contributed by atoms with Crippen LogP contribution in [0, 0.1) is 0 Å². The fourth-order valence-corrected chi connectivity index (χ4v) is 6.07. The van der Waals surface area contributed by atoms with E-state index in [1.54, 1.807) is 11.8 Å². The highest BCUT2D eigenvalue weighted by Gasteiger charge is 2.31. The molecule has 0 aliphatic carbocycles. The summed E-state index contributed by atoms with van der Waals surface area (Å²) in [5, 5.41) is 0.182. The first-order valence-electron chi connectivity index (χ1n) is 11.8. The zero-order valence-electron chi connectivity index (χ0n) is 20.3. The maximum atomic E-state index is 13.1. The number of piperazine rings is 1. The van der Waals surface area contributed by atoms with Crippen molar-refractivity contribution in [2.75, 3.05) is 33.3 Å². The van der Waals surface area contributed by atoms with E-state index in [2.05, 4.69) is 33.9 Å². The Morgan fingerprint density at radius 1 is 0.917 bits per heavy atom. The van der Waals surface area contributed by atoms with E-state index >= 15 is 0 Å². The summed E-state index contributed by atoms with van der Waals surface area (Å²) >= 11 is 6.09. The first kappa shape index (κ1) is 26.2. The summed E-state index contributed by atoms with van der Waals surface area (Å²) in [6.07, 6.45) is 0. The van der Waals surface area contributed by atoms with Crippen molar-refractivity contribution in [2.45, 2.75) is 23.9 Å². The number of methoxy groups -OCH3 is 1. The normalized spacial score (nSPS) is 15.6. The molecule has 0 aromatic heterocycles. The Morgan fingerprint density at radius 3 is 1.97 bits per heavy atom. The van der Waals surface area contributed by atoms with Gasteiger partial charge in [0.05, 0.1) is 29.1 Å². The monoisotopic (exact) mass is 527 g/mol. The summed E-state index contributed by atoms with van der Waals surface area (Å²) in [7, 11) is -2.48. The highest BCUT2D eigenvalue weighted by molar-refractivity contribution is 7.89. The molecule has 4 rings (SSSR count). The largest absolute Gasteiger partial charge is 0.495 e. The summed E-state index contributed by atoms with van der Waals surface area (Å²) in [6.45, 7) is 3.93. The quantitative estimate of drug-likeness (QED) is 0.480. The van der Waals surface area contributed by atoms with Crippen LogP contribution in [-0.4, -0.2) is 63.5 Å². The van der Waals surface area contributed by atoms with Crippen molar-refractivity contribution in [1.82, 2.24) is 14.5 Å². The summed E-state index contributed by atoms with van der Waals surface area (Å²) in [4.78, 5) is 17.2. The number of nitrogens with zero attached hydrogens (tertiary/aromatic N) is 2. The van der Waals surface area contributed by atoms with Gasteiger partial charge in [-0.1, -0.05) is 72.3 Å². The Hall–Kier alpha value is -2.91. The molecule has 0 unspecified atom stereocenters. The summed E-state index contributed by atoms with van der Waals surface area (Å²) in [5.41, 5.74) is 2.39. The molecule has 0 bridgehead atoms. The highest BCUT2D eigenvalue weighted by Crippen LogP contribution is 2.30. The van der Waals surface area contributed by atoms with Gasteiger partial charge in [-0.3, -0.25) is 9.69 Å². The van der Waals surface area contributed by atoms with Crippen molar-refractivity contribution in [1.29, 1.82) is 0 Å². The zero-order chi connectivity index (χ0) is 25.7. The van der Waals surface area contributed by atoms with Crippen LogP contribution in [-0.2, 0) is 14.8 Å². The van der Waals surface area contributed by atoms with Gasteiger partial charge in [0.15, 0.2) is 0 Å². The maximum Gasteiger partial charge on any atom is 0.241 e. The first-order valence-corrected chi connectivity index (χ1v) is 13.6. The predicted molar refractivity (Wildman–Crippen MR) is 141 cm³/mol. The Kier molecular flexibility index (Phi) is 8.31. The molecule has 7 nitrogen and oxygen atoms in total.